The van der Waals surface area contributed by atoms with Gasteiger partial charge in [0.15, 0.2) is 0 Å². The van der Waals surface area contributed by atoms with E-state index in [-0.39, 0.29) is 0 Å². The third kappa shape index (κ3) is 20.9. The van der Waals surface area contributed by atoms with Crippen LogP contribution in [-0.4, -0.2) is 6.54 Å². The number of anilines is 1. The molecule has 0 atom stereocenters. The second-order valence-corrected chi connectivity index (χ2v) is 12.5. The Balaban J connectivity index is 1.71. The molecule has 1 aromatic carbocycles. The molecule has 0 bridgehead atoms. The number of aryl methyl sites for hydroxylation is 3. The van der Waals surface area contributed by atoms with Gasteiger partial charge in [-0.3, -0.25) is 0 Å². The van der Waals surface area contributed by atoms with Crippen molar-refractivity contribution in [1.82, 2.24) is 0 Å². The normalized spacial score (nSPS) is 11.4. The average molecular weight is 528 g/mol. The molecule has 38 heavy (non-hydrogen) atoms. The summed E-state index contributed by atoms with van der Waals surface area (Å²) < 4.78 is 0. The molecular formula is C37H69N. The lowest BCUT2D eigenvalue weighted by Crippen LogP contribution is -2.05. The maximum atomic E-state index is 3.68. The third-order valence-corrected chi connectivity index (χ3v) is 8.51. The van der Waals surface area contributed by atoms with E-state index in [0.29, 0.717) is 0 Å². The lowest BCUT2D eigenvalue weighted by molar-refractivity contribution is 0.515. The Morgan fingerprint density at radius 1 is 0.395 bits per heavy atom. The summed E-state index contributed by atoms with van der Waals surface area (Å²) in [5.74, 6) is 0. The summed E-state index contributed by atoms with van der Waals surface area (Å²) in [5.41, 5.74) is 5.50. The first kappa shape index (κ1) is 35.0. The quantitative estimate of drug-likeness (QED) is 0.107. The molecule has 0 saturated carbocycles. The van der Waals surface area contributed by atoms with E-state index < -0.39 is 0 Å². The topological polar surface area (TPSA) is 12.0 Å². The Kier molecular flexibility index (Phi) is 24.2. The average Bonchev–Trinajstić information content (AvgIpc) is 2.89. The van der Waals surface area contributed by atoms with E-state index in [1.165, 1.54) is 189 Å². The first-order valence-corrected chi connectivity index (χ1v) is 17.5. The second kappa shape index (κ2) is 26.3. The molecule has 0 fully saturated rings. The SMILES string of the molecule is CCCCCCCCCCCCCCCCCCCCCCCCCCCCNc1c(C)cc(C)cc1C. The maximum Gasteiger partial charge on any atom is 0.0399 e. The van der Waals surface area contributed by atoms with Crippen molar-refractivity contribution in [2.75, 3.05) is 11.9 Å². The van der Waals surface area contributed by atoms with Gasteiger partial charge in [0.25, 0.3) is 0 Å². The molecule has 0 aliphatic carbocycles. The van der Waals surface area contributed by atoms with Crippen LogP contribution in [0, 0.1) is 20.8 Å². The van der Waals surface area contributed by atoms with Gasteiger partial charge in [-0.2, -0.15) is 0 Å². The van der Waals surface area contributed by atoms with Crippen LogP contribution >= 0.6 is 0 Å². The largest absolute Gasteiger partial charge is 0.385 e. The summed E-state index contributed by atoms with van der Waals surface area (Å²) >= 11 is 0. The monoisotopic (exact) mass is 528 g/mol. The molecule has 1 heteroatoms. The molecule has 1 N–H and O–H groups in total. The van der Waals surface area contributed by atoms with Crippen molar-refractivity contribution in [2.45, 2.75) is 195 Å². The van der Waals surface area contributed by atoms with Crippen molar-refractivity contribution in [3.63, 3.8) is 0 Å². The van der Waals surface area contributed by atoms with Gasteiger partial charge in [-0.25, -0.2) is 0 Å². The van der Waals surface area contributed by atoms with Gasteiger partial charge in [-0.1, -0.05) is 185 Å². The highest BCUT2D eigenvalue weighted by Crippen LogP contribution is 2.22. The smallest absolute Gasteiger partial charge is 0.0399 e. The highest BCUT2D eigenvalue weighted by Gasteiger charge is 2.03. The molecule has 0 aromatic heterocycles. The van der Waals surface area contributed by atoms with Gasteiger partial charge in [0.05, 0.1) is 0 Å². The third-order valence-electron chi connectivity index (χ3n) is 8.51. The van der Waals surface area contributed by atoms with Crippen LogP contribution in [0.3, 0.4) is 0 Å². The van der Waals surface area contributed by atoms with Crippen molar-refractivity contribution in [3.8, 4) is 0 Å². The molecule has 0 spiro atoms. The van der Waals surface area contributed by atoms with Crippen LogP contribution in [-0.2, 0) is 0 Å². The molecule has 0 aliphatic heterocycles. The van der Waals surface area contributed by atoms with E-state index in [2.05, 4.69) is 45.1 Å². The fourth-order valence-corrected chi connectivity index (χ4v) is 6.11. The van der Waals surface area contributed by atoms with E-state index in [1.807, 2.05) is 0 Å². The van der Waals surface area contributed by atoms with Crippen molar-refractivity contribution >= 4 is 5.69 Å². The highest BCUT2D eigenvalue weighted by molar-refractivity contribution is 5.58. The molecular weight excluding hydrogens is 458 g/mol. The Morgan fingerprint density at radius 2 is 0.658 bits per heavy atom. The molecule has 1 nitrogen and oxygen atoms in total. The van der Waals surface area contributed by atoms with E-state index >= 15 is 0 Å². The van der Waals surface area contributed by atoms with Crippen molar-refractivity contribution in [2.24, 2.45) is 0 Å². The molecule has 0 aliphatic rings. The zero-order valence-electron chi connectivity index (χ0n) is 26.7. The van der Waals surface area contributed by atoms with Crippen LogP contribution in [0.15, 0.2) is 12.1 Å². The number of rotatable bonds is 28. The van der Waals surface area contributed by atoms with Gasteiger partial charge in [-0.15, -0.1) is 0 Å². The van der Waals surface area contributed by atoms with Crippen molar-refractivity contribution < 1.29 is 0 Å². The lowest BCUT2D eigenvalue weighted by atomic mass is 10.0. The number of benzene rings is 1. The van der Waals surface area contributed by atoms with E-state index in [9.17, 15) is 0 Å². The fraction of sp³-hybridized carbons (Fsp3) is 0.838. The summed E-state index contributed by atoms with van der Waals surface area (Å²) in [5, 5.41) is 3.68. The Hall–Kier alpha value is -0.980. The standard InChI is InChI=1S/C37H69N/c1-5-6-7-8-9-10-11-12-13-14-15-16-17-18-19-20-21-22-23-24-25-26-27-28-29-30-31-38-37-35(3)32-34(2)33-36(37)4/h32-33,38H,5-31H2,1-4H3. The molecule has 0 heterocycles. The van der Waals surface area contributed by atoms with Crippen LogP contribution in [0.1, 0.15) is 191 Å². The van der Waals surface area contributed by atoms with Crippen LogP contribution < -0.4 is 5.32 Å². The predicted molar refractivity (Wildman–Crippen MR) is 175 cm³/mol. The van der Waals surface area contributed by atoms with Gasteiger partial charge < -0.3 is 5.32 Å². The van der Waals surface area contributed by atoms with Gasteiger partial charge in [0, 0.05) is 12.2 Å². The van der Waals surface area contributed by atoms with Gasteiger partial charge in [-0.05, 0) is 38.3 Å². The minimum atomic E-state index is 1.12. The number of unbranched alkanes of at least 4 members (excludes halogenated alkanes) is 25. The van der Waals surface area contributed by atoms with Crippen LogP contribution in [0.2, 0.25) is 0 Å². The van der Waals surface area contributed by atoms with E-state index in [4.69, 9.17) is 0 Å². The van der Waals surface area contributed by atoms with Crippen molar-refractivity contribution in [3.05, 3.63) is 28.8 Å². The Morgan fingerprint density at radius 3 is 0.947 bits per heavy atom. The molecule has 0 saturated heterocycles. The zero-order chi connectivity index (χ0) is 27.5. The molecule has 222 valence electrons. The highest BCUT2D eigenvalue weighted by atomic mass is 14.9. The van der Waals surface area contributed by atoms with Gasteiger partial charge in [0.2, 0.25) is 0 Å². The summed E-state index contributed by atoms with van der Waals surface area (Å²) in [6.07, 6.45) is 37.9. The number of nitrogens with one attached hydrogen (secondary N) is 1. The molecule has 0 unspecified atom stereocenters. The summed E-state index contributed by atoms with van der Waals surface area (Å²) in [6.45, 7) is 10.1. The minimum absolute atomic E-state index is 1.12. The number of hydrogen-bond donors (Lipinski definition) is 1. The van der Waals surface area contributed by atoms with Crippen LogP contribution in [0.4, 0.5) is 5.69 Å². The summed E-state index contributed by atoms with van der Waals surface area (Å²) in [7, 11) is 0. The molecule has 1 aromatic rings. The maximum absolute atomic E-state index is 3.68. The summed E-state index contributed by atoms with van der Waals surface area (Å²) in [6, 6.07) is 4.58. The fourth-order valence-electron chi connectivity index (χ4n) is 6.11. The van der Waals surface area contributed by atoms with Gasteiger partial charge in [0.1, 0.15) is 0 Å². The minimum Gasteiger partial charge on any atom is -0.385 e. The van der Waals surface area contributed by atoms with E-state index in [0.717, 1.165) is 6.54 Å². The van der Waals surface area contributed by atoms with Crippen LogP contribution in [0.5, 0.6) is 0 Å². The Bertz CT molecular complexity index is 611. The van der Waals surface area contributed by atoms with Crippen LogP contribution in [0.25, 0.3) is 0 Å². The lowest BCUT2D eigenvalue weighted by Gasteiger charge is -2.13. The van der Waals surface area contributed by atoms with E-state index in [1.54, 1.807) is 0 Å². The molecule has 0 radical (unpaired) electrons. The Labute approximate surface area is 240 Å². The summed E-state index contributed by atoms with van der Waals surface area (Å²) in [4.78, 5) is 0. The molecule has 0 amide bonds. The predicted octanol–water partition coefficient (Wildman–Crippen LogP) is 13.2. The van der Waals surface area contributed by atoms with Gasteiger partial charge >= 0.3 is 0 Å². The zero-order valence-corrected chi connectivity index (χ0v) is 26.7. The van der Waals surface area contributed by atoms with Crippen molar-refractivity contribution in [1.29, 1.82) is 0 Å². The first-order chi connectivity index (χ1) is 18.6. The number of hydrogen-bond acceptors (Lipinski definition) is 1. The second-order valence-electron chi connectivity index (χ2n) is 12.5. The first-order valence-electron chi connectivity index (χ1n) is 17.5. The molecule has 1 rings (SSSR count).